The first-order valence-electron chi connectivity index (χ1n) is 9.11. The van der Waals surface area contributed by atoms with Gasteiger partial charge in [0, 0.05) is 6.54 Å². The lowest BCUT2D eigenvalue weighted by atomic mass is 10.0. The van der Waals surface area contributed by atoms with Crippen molar-refractivity contribution < 1.29 is 14.3 Å². The number of thiazole rings is 1. The number of carbonyl (C=O) groups excluding carboxylic acids is 1. The first-order chi connectivity index (χ1) is 13.5. The van der Waals surface area contributed by atoms with E-state index in [1.54, 1.807) is 25.3 Å². The summed E-state index contributed by atoms with van der Waals surface area (Å²) in [5.41, 5.74) is 2.31. The fourth-order valence-electron chi connectivity index (χ4n) is 2.86. The Morgan fingerprint density at radius 2 is 2.00 bits per heavy atom. The molecular weight excluding hydrogens is 372 g/mol. The molecule has 0 fully saturated rings. The molecule has 0 unspecified atom stereocenters. The molecule has 5 nitrogen and oxygen atoms in total. The molecule has 1 amide bonds. The molecule has 0 bridgehead atoms. The van der Waals surface area contributed by atoms with E-state index in [4.69, 9.17) is 9.47 Å². The smallest absolute Gasteiger partial charge is 0.286 e. The number of hydrogen-bond acceptors (Lipinski definition) is 4. The Labute approximate surface area is 168 Å². The third-order valence-electron chi connectivity index (χ3n) is 4.33. The highest BCUT2D eigenvalue weighted by atomic mass is 32.1. The molecule has 0 N–H and O–H groups in total. The first-order valence-corrected chi connectivity index (χ1v) is 9.92. The lowest BCUT2D eigenvalue weighted by Gasteiger charge is -2.08. The van der Waals surface area contributed by atoms with Gasteiger partial charge in [0.1, 0.15) is 0 Å². The van der Waals surface area contributed by atoms with Crippen LogP contribution in [-0.2, 0) is 11.3 Å². The summed E-state index contributed by atoms with van der Waals surface area (Å²) in [6, 6.07) is 13.6. The number of methoxy groups -OCH3 is 1. The van der Waals surface area contributed by atoms with E-state index < -0.39 is 0 Å². The number of benzene rings is 2. The molecule has 1 heterocycles. The molecular formula is C22H24N2O3S. The van der Waals surface area contributed by atoms with Crippen LogP contribution in [0.1, 0.15) is 25.3 Å². The van der Waals surface area contributed by atoms with Crippen molar-refractivity contribution in [3.05, 3.63) is 65.5 Å². The minimum absolute atomic E-state index is 0.153. The van der Waals surface area contributed by atoms with Crippen LogP contribution in [0, 0.1) is 0 Å². The predicted molar refractivity (Wildman–Crippen MR) is 113 cm³/mol. The fourth-order valence-corrected chi connectivity index (χ4v) is 3.96. The minimum Gasteiger partial charge on any atom is -0.493 e. The molecule has 0 spiro atoms. The zero-order valence-electron chi connectivity index (χ0n) is 16.3. The Morgan fingerprint density at radius 1 is 1.25 bits per heavy atom. The highest BCUT2D eigenvalue weighted by Crippen LogP contribution is 2.26. The van der Waals surface area contributed by atoms with E-state index in [-0.39, 0.29) is 12.5 Å². The van der Waals surface area contributed by atoms with Crippen molar-refractivity contribution in [3.8, 4) is 11.5 Å². The van der Waals surface area contributed by atoms with Crippen LogP contribution in [0.25, 0.3) is 10.2 Å². The lowest BCUT2D eigenvalue weighted by molar-refractivity contribution is -0.120. The van der Waals surface area contributed by atoms with Crippen LogP contribution in [0.15, 0.2) is 60.1 Å². The zero-order chi connectivity index (χ0) is 20.1. The number of aromatic nitrogens is 1. The number of amides is 1. The maximum atomic E-state index is 12.4. The van der Waals surface area contributed by atoms with Gasteiger partial charge in [-0.15, -0.1) is 6.58 Å². The normalized spacial score (nSPS) is 11.8. The second-order valence-corrected chi connectivity index (χ2v) is 7.62. The van der Waals surface area contributed by atoms with Crippen LogP contribution in [-0.4, -0.2) is 24.2 Å². The SMILES string of the molecule is C=CCn1c(=NC(=O)COc2ccccc2OC)sc2cc(C(C)C)ccc21. The largest absolute Gasteiger partial charge is 0.493 e. The third kappa shape index (κ3) is 4.34. The van der Waals surface area contributed by atoms with Gasteiger partial charge in [0.25, 0.3) is 5.91 Å². The number of rotatable bonds is 7. The van der Waals surface area contributed by atoms with Crippen LogP contribution in [0.2, 0.25) is 0 Å². The average Bonchev–Trinajstić information content (AvgIpc) is 3.03. The molecule has 0 saturated heterocycles. The van der Waals surface area contributed by atoms with Crippen LogP contribution < -0.4 is 14.3 Å². The summed E-state index contributed by atoms with van der Waals surface area (Å²) in [5.74, 6) is 1.19. The summed E-state index contributed by atoms with van der Waals surface area (Å²) < 4.78 is 13.9. The highest BCUT2D eigenvalue weighted by Gasteiger charge is 2.10. The molecule has 3 aromatic rings. The molecule has 3 rings (SSSR count). The molecule has 28 heavy (non-hydrogen) atoms. The second kappa shape index (κ2) is 8.89. The van der Waals surface area contributed by atoms with Gasteiger partial charge in [0.15, 0.2) is 22.9 Å². The summed E-state index contributed by atoms with van der Waals surface area (Å²) in [7, 11) is 1.56. The van der Waals surface area contributed by atoms with Crippen molar-refractivity contribution in [2.24, 2.45) is 4.99 Å². The van der Waals surface area contributed by atoms with Crippen LogP contribution in [0.5, 0.6) is 11.5 Å². The van der Waals surface area contributed by atoms with Gasteiger partial charge in [0.05, 0.1) is 17.3 Å². The molecule has 2 aromatic carbocycles. The summed E-state index contributed by atoms with van der Waals surface area (Å²) in [4.78, 5) is 17.4. The molecule has 1 aromatic heterocycles. The summed E-state index contributed by atoms with van der Waals surface area (Å²) in [5, 5.41) is 0. The number of ether oxygens (including phenoxy) is 2. The molecule has 0 atom stereocenters. The van der Waals surface area contributed by atoms with Crippen molar-refractivity contribution in [2.45, 2.75) is 26.3 Å². The highest BCUT2D eigenvalue weighted by molar-refractivity contribution is 7.16. The molecule has 146 valence electrons. The van der Waals surface area contributed by atoms with Crippen molar-refractivity contribution >= 4 is 27.5 Å². The second-order valence-electron chi connectivity index (χ2n) is 6.61. The van der Waals surface area contributed by atoms with E-state index in [2.05, 4.69) is 43.6 Å². The predicted octanol–water partition coefficient (Wildman–Crippen LogP) is 4.53. The molecule has 0 saturated carbocycles. The standard InChI is InChI=1S/C22H24N2O3S/c1-5-12-24-17-11-10-16(15(2)3)13-20(17)28-22(24)23-21(25)14-27-19-9-7-6-8-18(19)26-4/h5-11,13,15H,1,12,14H2,2-4H3. The maximum Gasteiger partial charge on any atom is 0.286 e. The number of carbonyl (C=O) groups is 1. The Bertz CT molecular complexity index is 1060. The van der Waals surface area contributed by atoms with Crippen molar-refractivity contribution in [2.75, 3.05) is 13.7 Å². The quantitative estimate of drug-likeness (QED) is 0.552. The van der Waals surface area contributed by atoms with Gasteiger partial charge in [-0.25, -0.2) is 0 Å². The van der Waals surface area contributed by atoms with E-state index in [0.29, 0.717) is 28.8 Å². The fraction of sp³-hybridized carbons (Fsp3) is 0.273. The van der Waals surface area contributed by atoms with Crippen molar-refractivity contribution in [1.29, 1.82) is 0 Å². The van der Waals surface area contributed by atoms with Crippen LogP contribution in [0.4, 0.5) is 0 Å². The van der Waals surface area contributed by atoms with Crippen LogP contribution >= 0.6 is 11.3 Å². The topological polar surface area (TPSA) is 52.8 Å². The number of para-hydroxylation sites is 2. The summed E-state index contributed by atoms with van der Waals surface area (Å²) in [6.07, 6.45) is 1.80. The van der Waals surface area contributed by atoms with E-state index in [1.807, 2.05) is 16.7 Å². The lowest BCUT2D eigenvalue weighted by Crippen LogP contribution is -2.19. The van der Waals surface area contributed by atoms with Gasteiger partial charge in [-0.3, -0.25) is 4.79 Å². The molecule has 6 heteroatoms. The first kappa shape index (κ1) is 19.9. The summed E-state index contributed by atoms with van der Waals surface area (Å²) >= 11 is 1.50. The molecule has 0 aliphatic carbocycles. The van der Waals surface area contributed by atoms with Gasteiger partial charge in [0.2, 0.25) is 0 Å². The molecule has 0 aliphatic rings. The van der Waals surface area contributed by atoms with E-state index >= 15 is 0 Å². The van der Waals surface area contributed by atoms with Gasteiger partial charge < -0.3 is 14.0 Å². The van der Waals surface area contributed by atoms with Gasteiger partial charge in [-0.2, -0.15) is 4.99 Å². The Hall–Kier alpha value is -2.86. The molecule has 0 aliphatic heterocycles. The van der Waals surface area contributed by atoms with Gasteiger partial charge >= 0.3 is 0 Å². The van der Waals surface area contributed by atoms with E-state index in [0.717, 1.165) is 10.2 Å². The van der Waals surface area contributed by atoms with Gasteiger partial charge in [-0.05, 0) is 35.7 Å². The minimum atomic E-state index is -0.348. The average molecular weight is 397 g/mol. The third-order valence-corrected chi connectivity index (χ3v) is 5.37. The van der Waals surface area contributed by atoms with Crippen LogP contribution in [0.3, 0.4) is 0 Å². The summed E-state index contributed by atoms with van der Waals surface area (Å²) in [6.45, 7) is 8.58. The van der Waals surface area contributed by atoms with E-state index in [9.17, 15) is 4.79 Å². The monoisotopic (exact) mass is 396 g/mol. The zero-order valence-corrected chi connectivity index (χ0v) is 17.2. The maximum absolute atomic E-state index is 12.4. The van der Waals surface area contributed by atoms with E-state index in [1.165, 1.54) is 16.9 Å². The number of nitrogens with zero attached hydrogens (tertiary/aromatic N) is 2. The Balaban J connectivity index is 1.90. The van der Waals surface area contributed by atoms with Crippen molar-refractivity contribution in [3.63, 3.8) is 0 Å². The number of fused-ring (bicyclic) bond motifs is 1. The number of allylic oxidation sites excluding steroid dienone is 1. The number of hydrogen-bond donors (Lipinski definition) is 0. The Kier molecular flexibility index (Phi) is 6.31. The van der Waals surface area contributed by atoms with Crippen molar-refractivity contribution in [1.82, 2.24) is 4.57 Å². The molecule has 0 radical (unpaired) electrons. The van der Waals surface area contributed by atoms with Gasteiger partial charge in [-0.1, -0.05) is 49.5 Å². The Morgan fingerprint density at radius 3 is 2.68 bits per heavy atom.